The molecule has 2 aromatic rings. The molecule has 0 spiro atoms. The molecule has 2 heterocycles. The molecule has 1 fully saturated rings. The number of halogens is 1. The first-order valence-electron chi connectivity index (χ1n) is 7.69. The highest BCUT2D eigenvalue weighted by molar-refractivity contribution is 7.12. The zero-order valence-electron chi connectivity index (χ0n) is 13.1. The van der Waals surface area contributed by atoms with Crippen LogP contribution in [0.4, 0.5) is 5.69 Å². The van der Waals surface area contributed by atoms with E-state index in [9.17, 15) is 9.59 Å². The van der Waals surface area contributed by atoms with E-state index in [0.29, 0.717) is 16.1 Å². The first-order chi connectivity index (χ1) is 11.2. The summed E-state index contributed by atoms with van der Waals surface area (Å²) in [5, 5.41) is 11.0. The lowest BCUT2D eigenvalue weighted by molar-refractivity contribution is 0.0931. The minimum atomic E-state index is -0.195. The fourth-order valence-corrected chi connectivity index (χ4v) is 3.24. The molecule has 0 saturated carbocycles. The van der Waals surface area contributed by atoms with Crippen molar-refractivity contribution >= 4 is 41.2 Å². The summed E-state index contributed by atoms with van der Waals surface area (Å²) in [7, 11) is 0. The largest absolute Gasteiger partial charge is 0.348 e. The van der Waals surface area contributed by atoms with Crippen LogP contribution in [0.3, 0.4) is 0 Å². The average molecular weight is 366 g/mol. The maximum absolute atomic E-state index is 12.5. The number of thiophene rings is 1. The monoisotopic (exact) mass is 365 g/mol. The fraction of sp³-hybridized carbons (Fsp3) is 0.294. The first-order valence-corrected chi connectivity index (χ1v) is 8.57. The molecule has 7 heteroatoms. The molecule has 0 bridgehead atoms. The number of amides is 2. The van der Waals surface area contributed by atoms with Gasteiger partial charge in [-0.25, -0.2) is 0 Å². The van der Waals surface area contributed by atoms with Crippen molar-refractivity contribution in [1.82, 2.24) is 10.6 Å². The molecule has 1 aliphatic rings. The van der Waals surface area contributed by atoms with Gasteiger partial charge in [0, 0.05) is 12.6 Å². The van der Waals surface area contributed by atoms with Crippen molar-refractivity contribution in [3.63, 3.8) is 0 Å². The Labute approximate surface area is 151 Å². The van der Waals surface area contributed by atoms with Crippen molar-refractivity contribution in [2.24, 2.45) is 0 Å². The Hall–Kier alpha value is -1.89. The lowest BCUT2D eigenvalue weighted by Crippen LogP contribution is -2.45. The summed E-state index contributed by atoms with van der Waals surface area (Å²) in [6.45, 7) is 1.79. The third kappa shape index (κ3) is 4.56. The smallest absolute Gasteiger partial charge is 0.265 e. The zero-order valence-corrected chi connectivity index (χ0v) is 14.7. The number of nitrogens with one attached hydrogen (secondary N) is 3. The molecule has 5 nitrogen and oxygen atoms in total. The Bertz CT molecular complexity index is 685. The molecule has 1 atom stereocenters. The van der Waals surface area contributed by atoms with Crippen LogP contribution in [-0.4, -0.2) is 30.9 Å². The Morgan fingerprint density at radius 2 is 1.96 bits per heavy atom. The highest BCUT2D eigenvalue weighted by atomic mass is 35.5. The second kappa shape index (κ2) is 8.82. The van der Waals surface area contributed by atoms with E-state index < -0.39 is 0 Å². The van der Waals surface area contributed by atoms with E-state index in [1.165, 1.54) is 11.3 Å². The highest BCUT2D eigenvalue weighted by Crippen LogP contribution is 2.18. The van der Waals surface area contributed by atoms with Crippen molar-refractivity contribution in [2.75, 3.05) is 18.4 Å². The molecule has 1 unspecified atom stereocenters. The van der Waals surface area contributed by atoms with E-state index in [0.717, 1.165) is 25.9 Å². The molecule has 1 aromatic heterocycles. The number of para-hydroxylation sites is 1. The molecule has 1 aliphatic heterocycles. The van der Waals surface area contributed by atoms with E-state index in [1.54, 1.807) is 24.3 Å². The van der Waals surface area contributed by atoms with Crippen molar-refractivity contribution in [2.45, 2.75) is 18.9 Å². The number of rotatable bonds is 4. The minimum Gasteiger partial charge on any atom is -0.348 e. The van der Waals surface area contributed by atoms with E-state index in [4.69, 9.17) is 0 Å². The second-order valence-corrected chi connectivity index (χ2v) is 6.44. The molecule has 128 valence electrons. The van der Waals surface area contributed by atoms with Crippen molar-refractivity contribution in [1.29, 1.82) is 0 Å². The van der Waals surface area contributed by atoms with Crippen LogP contribution >= 0.6 is 23.7 Å². The predicted octanol–water partition coefficient (Wildman–Crippen LogP) is 2.90. The van der Waals surface area contributed by atoms with Gasteiger partial charge in [0.25, 0.3) is 11.8 Å². The first kappa shape index (κ1) is 18.4. The number of benzene rings is 1. The Kier molecular flexibility index (Phi) is 6.78. The summed E-state index contributed by atoms with van der Waals surface area (Å²) in [4.78, 5) is 25.3. The van der Waals surface area contributed by atoms with Gasteiger partial charge in [-0.05, 0) is 43.0 Å². The maximum Gasteiger partial charge on any atom is 0.265 e. The molecule has 1 saturated heterocycles. The quantitative estimate of drug-likeness (QED) is 0.780. The molecule has 24 heavy (non-hydrogen) atoms. The molecule has 3 rings (SSSR count). The normalized spacial score (nSPS) is 16.8. The standard InChI is InChI=1S/C17H19N3O2S.ClH/c21-16(19-12-5-3-9-18-11-12)13-6-1-2-7-14(13)20-17(22)15-8-4-10-23-15;/h1-2,4,6-8,10,12,18H,3,5,9,11H2,(H,19,21)(H,20,22);1H. The van der Waals surface area contributed by atoms with Gasteiger partial charge in [-0.2, -0.15) is 0 Å². The van der Waals surface area contributed by atoms with Crippen molar-refractivity contribution in [3.8, 4) is 0 Å². The van der Waals surface area contributed by atoms with E-state index in [2.05, 4.69) is 16.0 Å². The van der Waals surface area contributed by atoms with Crippen LogP contribution in [0, 0.1) is 0 Å². The van der Waals surface area contributed by atoms with Gasteiger partial charge in [-0.1, -0.05) is 18.2 Å². The molecule has 0 aliphatic carbocycles. The van der Waals surface area contributed by atoms with Crippen molar-refractivity contribution in [3.05, 3.63) is 52.2 Å². The third-order valence-corrected chi connectivity index (χ3v) is 4.67. The van der Waals surface area contributed by atoms with Crippen LogP contribution in [0.1, 0.15) is 32.9 Å². The highest BCUT2D eigenvalue weighted by Gasteiger charge is 2.19. The lowest BCUT2D eigenvalue weighted by Gasteiger charge is -2.24. The van der Waals surface area contributed by atoms with Gasteiger partial charge in [0.05, 0.1) is 16.1 Å². The molecule has 2 amide bonds. The van der Waals surface area contributed by atoms with E-state index >= 15 is 0 Å². The Morgan fingerprint density at radius 1 is 1.12 bits per heavy atom. The third-order valence-electron chi connectivity index (χ3n) is 3.80. The summed E-state index contributed by atoms with van der Waals surface area (Å²) in [5.74, 6) is -0.347. The maximum atomic E-state index is 12.5. The molecule has 3 N–H and O–H groups in total. The van der Waals surface area contributed by atoms with Crippen LogP contribution in [-0.2, 0) is 0 Å². The number of carbonyl (C=O) groups excluding carboxylic acids is 2. The summed E-state index contributed by atoms with van der Waals surface area (Å²) in [6, 6.07) is 10.8. The number of hydrogen-bond donors (Lipinski definition) is 3. The molecular formula is C17H20ClN3O2S. The Balaban J connectivity index is 0.00000208. The van der Waals surface area contributed by atoms with Gasteiger partial charge in [0.15, 0.2) is 0 Å². The van der Waals surface area contributed by atoms with Gasteiger partial charge in [-0.3, -0.25) is 9.59 Å². The van der Waals surface area contributed by atoms with Gasteiger partial charge in [-0.15, -0.1) is 23.7 Å². The van der Waals surface area contributed by atoms with Crippen LogP contribution in [0.25, 0.3) is 0 Å². The van der Waals surface area contributed by atoms with Crippen molar-refractivity contribution < 1.29 is 9.59 Å². The van der Waals surface area contributed by atoms with Gasteiger partial charge < -0.3 is 16.0 Å². The number of piperidine rings is 1. The molecular weight excluding hydrogens is 346 g/mol. The summed E-state index contributed by atoms with van der Waals surface area (Å²) in [5.41, 5.74) is 1.02. The molecule has 1 aromatic carbocycles. The van der Waals surface area contributed by atoms with Gasteiger partial charge in [0.2, 0.25) is 0 Å². The van der Waals surface area contributed by atoms with Gasteiger partial charge >= 0.3 is 0 Å². The fourth-order valence-electron chi connectivity index (χ4n) is 2.62. The second-order valence-electron chi connectivity index (χ2n) is 5.49. The lowest BCUT2D eigenvalue weighted by atomic mass is 10.1. The number of anilines is 1. The van der Waals surface area contributed by atoms with E-state index in [1.807, 2.05) is 17.5 Å². The van der Waals surface area contributed by atoms with Crippen LogP contribution in [0.5, 0.6) is 0 Å². The number of carbonyl (C=O) groups is 2. The summed E-state index contributed by atoms with van der Waals surface area (Å²) in [6.07, 6.45) is 2.03. The Morgan fingerprint density at radius 3 is 2.67 bits per heavy atom. The summed E-state index contributed by atoms with van der Waals surface area (Å²) >= 11 is 1.37. The predicted molar refractivity (Wildman–Crippen MR) is 99.3 cm³/mol. The SMILES string of the molecule is Cl.O=C(Nc1ccccc1C(=O)NC1CCCNC1)c1cccs1. The van der Waals surface area contributed by atoms with E-state index in [-0.39, 0.29) is 30.3 Å². The molecule has 0 radical (unpaired) electrons. The minimum absolute atomic E-state index is 0. The average Bonchev–Trinajstić information content (AvgIpc) is 3.11. The zero-order chi connectivity index (χ0) is 16.1. The van der Waals surface area contributed by atoms with Crippen LogP contribution < -0.4 is 16.0 Å². The topological polar surface area (TPSA) is 70.2 Å². The van der Waals surface area contributed by atoms with Crippen LogP contribution in [0.2, 0.25) is 0 Å². The number of hydrogen-bond acceptors (Lipinski definition) is 4. The van der Waals surface area contributed by atoms with Gasteiger partial charge in [0.1, 0.15) is 0 Å². The van der Waals surface area contributed by atoms with Crippen LogP contribution in [0.15, 0.2) is 41.8 Å². The summed E-state index contributed by atoms with van der Waals surface area (Å²) < 4.78 is 0.